The van der Waals surface area contributed by atoms with E-state index in [0.717, 1.165) is 21.8 Å². The van der Waals surface area contributed by atoms with E-state index in [1.54, 1.807) is 16.7 Å². The van der Waals surface area contributed by atoms with E-state index in [1.807, 2.05) is 43.3 Å². The molecule has 0 atom stereocenters. The van der Waals surface area contributed by atoms with E-state index < -0.39 is 5.91 Å². The van der Waals surface area contributed by atoms with E-state index in [9.17, 15) is 9.90 Å². The standard InChI is InChI=1S/C19H18BrN3O3/c1-2-11-23-16-6-4-3-5-15(16)18(19(23)25)22-21-17(24)12-26-14-9-7-13(20)8-10-14/h3-10,25H,2,11-12H2,1H3. The number of ether oxygens (including phenoxy) is 1. The highest BCUT2D eigenvalue weighted by molar-refractivity contribution is 9.10. The first-order valence-electron chi connectivity index (χ1n) is 8.23. The SMILES string of the molecule is CCCn1c(O)c(N=NC(=O)COc2ccc(Br)cc2)c2ccccc21. The van der Waals surface area contributed by atoms with Crippen molar-refractivity contribution in [1.29, 1.82) is 0 Å². The van der Waals surface area contributed by atoms with E-state index in [-0.39, 0.29) is 12.5 Å². The molecule has 134 valence electrons. The predicted octanol–water partition coefficient (Wildman–Crippen LogP) is 5.21. The number of fused-ring (bicyclic) bond motifs is 1. The molecule has 26 heavy (non-hydrogen) atoms. The molecule has 1 amide bonds. The second kappa shape index (κ2) is 8.14. The molecule has 1 N–H and O–H groups in total. The number of aromatic nitrogens is 1. The van der Waals surface area contributed by atoms with Gasteiger partial charge in [0.15, 0.2) is 12.3 Å². The van der Waals surface area contributed by atoms with Crippen molar-refractivity contribution in [2.24, 2.45) is 10.2 Å². The van der Waals surface area contributed by atoms with Gasteiger partial charge in [0, 0.05) is 16.4 Å². The topological polar surface area (TPSA) is 76.2 Å². The smallest absolute Gasteiger partial charge is 0.302 e. The zero-order valence-corrected chi connectivity index (χ0v) is 15.8. The van der Waals surface area contributed by atoms with Gasteiger partial charge in [-0.15, -0.1) is 10.2 Å². The number of hydrogen-bond donors (Lipinski definition) is 1. The number of carbonyl (C=O) groups excluding carboxylic acids is 1. The lowest BCUT2D eigenvalue weighted by Gasteiger charge is -2.03. The van der Waals surface area contributed by atoms with Crippen LogP contribution in [0.15, 0.2) is 63.2 Å². The van der Waals surface area contributed by atoms with Crippen molar-refractivity contribution < 1.29 is 14.6 Å². The molecule has 2 aromatic carbocycles. The van der Waals surface area contributed by atoms with Crippen molar-refractivity contribution in [1.82, 2.24) is 4.57 Å². The Labute approximate surface area is 159 Å². The zero-order valence-electron chi connectivity index (χ0n) is 14.2. The average molecular weight is 416 g/mol. The van der Waals surface area contributed by atoms with Gasteiger partial charge in [-0.25, -0.2) is 0 Å². The summed E-state index contributed by atoms with van der Waals surface area (Å²) in [6.07, 6.45) is 0.864. The minimum absolute atomic E-state index is 0.0124. The normalized spacial score (nSPS) is 11.3. The van der Waals surface area contributed by atoms with Gasteiger partial charge in [-0.2, -0.15) is 0 Å². The van der Waals surface area contributed by atoms with E-state index >= 15 is 0 Å². The molecule has 0 aliphatic heterocycles. The summed E-state index contributed by atoms with van der Waals surface area (Å²) in [6, 6.07) is 14.6. The molecule has 1 aromatic heterocycles. The Morgan fingerprint density at radius 2 is 1.92 bits per heavy atom. The molecule has 0 aliphatic rings. The van der Waals surface area contributed by atoms with Crippen LogP contribution in [0.2, 0.25) is 0 Å². The number of amides is 1. The lowest BCUT2D eigenvalue weighted by Crippen LogP contribution is -2.07. The number of para-hydroxylation sites is 1. The highest BCUT2D eigenvalue weighted by Gasteiger charge is 2.16. The van der Waals surface area contributed by atoms with Crippen LogP contribution in [0.3, 0.4) is 0 Å². The van der Waals surface area contributed by atoms with Gasteiger partial charge in [0.1, 0.15) is 5.75 Å². The number of halogens is 1. The second-order valence-electron chi connectivity index (χ2n) is 5.68. The van der Waals surface area contributed by atoms with Crippen LogP contribution in [-0.4, -0.2) is 22.2 Å². The maximum Gasteiger partial charge on any atom is 0.302 e. The van der Waals surface area contributed by atoms with E-state index in [2.05, 4.69) is 26.2 Å². The van der Waals surface area contributed by atoms with E-state index in [0.29, 0.717) is 18.0 Å². The first kappa shape index (κ1) is 18.1. The average Bonchev–Trinajstić information content (AvgIpc) is 2.92. The molecular formula is C19H18BrN3O3. The zero-order chi connectivity index (χ0) is 18.5. The van der Waals surface area contributed by atoms with Gasteiger partial charge in [0.05, 0.1) is 5.52 Å². The van der Waals surface area contributed by atoms with Crippen molar-refractivity contribution in [3.8, 4) is 11.6 Å². The van der Waals surface area contributed by atoms with Crippen LogP contribution in [-0.2, 0) is 11.3 Å². The molecule has 6 nitrogen and oxygen atoms in total. The molecule has 0 spiro atoms. The number of azo groups is 1. The molecule has 0 aliphatic carbocycles. The number of rotatable bonds is 6. The molecule has 1 heterocycles. The summed E-state index contributed by atoms with van der Waals surface area (Å²) in [5.41, 5.74) is 1.16. The van der Waals surface area contributed by atoms with E-state index in [1.165, 1.54) is 0 Å². The molecule has 0 fully saturated rings. The summed E-state index contributed by atoms with van der Waals surface area (Å²) in [5, 5.41) is 18.9. The summed E-state index contributed by atoms with van der Waals surface area (Å²) < 4.78 is 8.08. The van der Waals surface area contributed by atoms with Crippen molar-refractivity contribution in [2.45, 2.75) is 19.9 Å². The minimum Gasteiger partial charge on any atom is -0.493 e. The monoisotopic (exact) mass is 415 g/mol. The first-order valence-corrected chi connectivity index (χ1v) is 9.02. The van der Waals surface area contributed by atoms with Crippen molar-refractivity contribution in [3.63, 3.8) is 0 Å². The Hall–Kier alpha value is -2.67. The Balaban J connectivity index is 1.76. The maximum atomic E-state index is 12.0. The Morgan fingerprint density at radius 1 is 1.19 bits per heavy atom. The summed E-state index contributed by atoms with van der Waals surface area (Å²) in [7, 11) is 0. The molecular weight excluding hydrogens is 398 g/mol. The van der Waals surface area contributed by atoms with Crippen LogP contribution in [0.25, 0.3) is 10.9 Å². The highest BCUT2D eigenvalue weighted by atomic mass is 79.9. The fourth-order valence-corrected chi connectivity index (χ4v) is 2.90. The fraction of sp³-hybridized carbons (Fsp3) is 0.211. The van der Waals surface area contributed by atoms with Crippen LogP contribution >= 0.6 is 15.9 Å². The Morgan fingerprint density at radius 3 is 2.65 bits per heavy atom. The van der Waals surface area contributed by atoms with Gasteiger partial charge in [-0.1, -0.05) is 41.1 Å². The first-order chi connectivity index (χ1) is 12.6. The maximum absolute atomic E-state index is 12.0. The largest absolute Gasteiger partial charge is 0.493 e. The lowest BCUT2D eigenvalue weighted by molar-refractivity contribution is -0.120. The number of carbonyl (C=O) groups is 1. The number of benzene rings is 2. The van der Waals surface area contributed by atoms with Gasteiger partial charge < -0.3 is 14.4 Å². The predicted molar refractivity (Wildman–Crippen MR) is 103 cm³/mol. The van der Waals surface area contributed by atoms with Crippen molar-refractivity contribution >= 4 is 38.4 Å². The van der Waals surface area contributed by atoms with Gasteiger partial charge in [0.2, 0.25) is 5.88 Å². The van der Waals surface area contributed by atoms with Crippen LogP contribution in [0, 0.1) is 0 Å². The molecule has 0 saturated carbocycles. The fourth-order valence-electron chi connectivity index (χ4n) is 2.63. The quantitative estimate of drug-likeness (QED) is 0.561. The summed E-state index contributed by atoms with van der Waals surface area (Å²) in [5.74, 6) is 0.0530. The molecule has 0 radical (unpaired) electrons. The Bertz CT molecular complexity index is 949. The third kappa shape index (κ3) is 3.94. The number of nitrogens with zero attached hydrogens (tertiary/aromatic N) is 3. The summed E-state index contributed by atoms with van der Waals surface area (Å²) in [4.78, 5) is 12.0. The van der Waals surface area contributed by atoms with Gasteiger partial charge in [0.25, 0.3) is 0 Å². The number of aromatic hydroxyl groups is 1. The Kier molecular flexibility index (Phi) is 5.68. The van der Waals surface area contributed by atoms with E-state index in [4.69, 9.17) is 4.74 Å². The molecule has 0 bridgehead atoms. The van der Waals surface area contributed by atoms with Crippen molar-refractivity contribution in [2.75, 3.05) is 6.61 Å². The number of hydrogen-bond acceptors (Lipinski definition) is 4. The third-order valence-corrected chi connectivity index (χ3v) is 4.33. The summed E-state index contributed by atoms with van der Waals surface area (Å²) in [6.45, 7) is 2.46. The number of aryl methyl sites for hydroxylation is 1. The third-order valence-electron chi connectivity index (χ3n) is 3.80. The molecule has 3 aromatic rings. The molecule has 7 heteroatoms. The molecule has 0 unspecified atom stereocenters. The highest BCUT2D eigenvalue weighted by Crippen LogP contribution is 2.38. The molecule has 0 saturated heterocycles. The minimum atomic E-state index is -0.528. The van der Waals surface area contributed by atoms with Gasteiger partial charge in [-0.05, 0) is 36.8 Å². The van der Waals surface area contributed by atoms with Crippen LogP contribution < -0.4 is 4.74 Å². The van der Waals surface area contributed by atoms with Crippen LogP contribution in [0.1, 0.15) is 13.3 Å². The molecule has 3 rings (SSSR count). The second-order valence-corrected chi connectivity index (χ2v) is 6.59. The van der Waals surface area contributed by atoms with Gasteiger partial charge >= 0.3 is 5.91 Å². The summed E-state index contributed by atoms with van der Waals surface area (Å²) >= 11 is 3.33. The van der Waals surface area contributed by atoms with Crippen molar-refractivity contribution in [3.05, 3.63) is 53.0 Å². The lowest BCUT2D eigenvalue weighted by atomic mass is 10.2. The van der Waals surface area contributed by atoms with Gasteiger partial charge in [-0.3, -0.25) is 4.79 Å². The van der Waals surface area contributed by atoms with Crippen LogP contribution in [0.4, 0.5) is 5.69 Å². The van der Waals surface area contributed by atoms with Crippen LogP contribution in [0.5, 0.6) is 11.6 Å².